The highest BCUT2D eigenvalue weighted by Crippen LogP contribution is 2.29. The Morgan fingerprint density at radius 2 is 1.68 bits per heavy atom. The van der Waals surface area contributed by atoms with Crippen LogP contribution in [0.5, 0.6) is 5.88 Å². The number of rotatable bonds is 18. The quantitative estimate of drug-likeness (QED) is 0.246. The van der Waals surface area contributed by atoms with Crippen LogP contribution in [0.4, 0.5) is 5.82 Å². The Hall–Kier alpha value is -2.79. The Morgan fingerprint density at radius 3 is 2.38 bits per heavy atom. The molecule has 0 spiro atoms. The zero-order valence-electron chi connectivity index (χ0n) is 22.7. The summed E-state index contributed by atoms with van der Waals surface area (Å²) in [5.41, 5.74) is 10.0. The van der Waals surface area contributed by atoms with E-state index in [1.165, 1.54) is 11.1 Å². The van der Waals surface area contributed by atoms with Gasteiger partial charge in [-0.3, -0.25) is 0 Å². The topological polar surface area (TPSA) is 119 Å². The van der Waals surface area contributed by atoms with Gasteiger partial charge < -0.3 is 34.6 Å². The van der Waals surface area contributed by atoms with E-state index in [9.17, 15) is 0 Å². The van der Waals surface area contributed by atoms with Crippen molar-refractivity contribution in [3.63, 3.8) is 0 Å². The lowest BCUT2D eigenvalue weighted by atomic mass is 10.1. The monoisotopic (exact) mass is 514 g/mol. The van der Waals surface area contributed by atoms with Crippen LogP contribution < -0.4 is 15.8 Å². The number of aryl methyl sites for hydroxylation is 1. The minimum absolute atomic E-state index is 0.0324. The largest absolute Gasteiger partial charge is 0.472 e. The van der Waals surface area contributed by atoms with Gasteiger partial charge in [0.1, 0.15) is 16.9 Å². The highest BCUT2D eigenvalue weighted by atomic mass is 16.5. The summed E-state index contributed by atoms with van der Waals surface area (Å²) in [7, 11) is 1.66. The molecular weight excluding hydrogens is 472 g/mol. The summed E-state index contributed by atoms with van der Waals surface area (Å²) in [5, 5.41) is 11.7. The summed E-state index contributed by atoms with van der Waals surface area (Å²) >= 11 is 0. The van der Waals surface area contributed by atoms with Gasteiger partial charge in [0.05, 0.1) is 39.1 Å². The first-order chi connectivity index (χ1) is 18.0. The number of fused-ring (bicyclic) bond motifs is 1. The van der Waals surface area contributed by atoms with Gasteiger partial charge in [0.25, 0.3) is 5.88 Å². The first kappa shape index (κ1) is 28.8. The fourth-order valence-electron chi connectivity index (χ4n) is 3.87. The Morgan fingerprint density at radius 1 is 0.973 bits per heavy atom. The molecule has 0 amide bonds. The highest BCUT2D eigenvalue weighted by Gasteiger charge is 2.20. The summed E-state index contributed by atoms with van der Waals surface area (Å²) in [6.45, 7) is 11.4. The maximum Gasteiger partial charge on any atom is 0.260 e. The molecular formula is C27H42N6O4. The van der Waals surface area contributed by atoms with Gasteiger partial charge in [0.15, 0.2) is 5.82 Å². The molecule has 37 heavy (non-hydrogen) atoms. The van der Waals surface area contributed by atoms with Crippen LogP contribution in [-0.2, 0) is 33.7 Å². The molecule has 10 nitrogen and oxygen atoms in total. The molecule has 2 aromatic heterocycles. The first-order valence-corrected chi connectivity index (χ1v) is 13.1. The van der Waals surface area contributed by atoms with E-state index >= 15 is 0 Å². The zero-order valence-corrected chi connectivity index (χ0v) is 22.7. The van der Waals surface area contributed by atoms with Crippen molar-refractivity contribution >= 4 is 16.9 Å². The number of hydrogen-bond donors (Lipinski definition) is 2. The van der Waals surface area contributed by atoms with E-state index in [1.807, 2.05) is 13.8 Å². The number of unbranched alkanes of at least 4 members (excludes halogenated alkanes) is 1. The number of hydrogen-bond acceptors (Lipinski definition) is 9. The molecule has 0 radical (unpaired) electrons. The minimum atomic E-state index is -0.0324. The summed E-state index contributed by atoms with van der Waals surface area (Å²) in [6.07, 6.45) is 2.95. The van der Waals surface area contributed by atoms with Crippen LogP contribution in [0.1, 0.15) is 50.6 Å². The van der Waals surface area contributed by atoms with Crippen molar-refractivity contribution in [3.05, 3.63) is 41.2 Å². The number of aromatic nitrogens is 4. The predicted octanol–water partition coefficient (Wildman–Crippen LogP) is 3.36. The van der Waals surface area contributed by atoms with Crippen molar-refractivity contribution < 1.29 is 18.9 Å². The highest BCUT2D eigenvalue weighted by molar-refractivity contribution is 5.88. The Labute approximate surface area is 219 Å². The van der Waals surface area contributed by atoms with Crippen LogP contribution in [0.15, 0.2) is 24.3 Å². The number of nitrogens with zero attached hydrogens (tertiary/aromatic N) is 4. The fraction of sp³-hybridized carbons (Fsp3) is 0.593. The van der Waals surface area contributed by atoms with Crippen molar-refractivity contribution in [3.8, 4) is 5.88 Å². The second-order valence-electron chi connectivity index (χ2n) is 9.18. The third-order valence-corrected chi connectivity index (χ3v) is 5.76. The van der Waals surface area contributed by atoms with E-state index in [-0.39, 0.29) is 6.10 Å². The van der Waals surface area contributed by atoms with Crippen molar-refractivity contribution in [1.29, 1.82) is 0 Å². The molecule has 1 aromatic carbocycles. The first-order valence-electron chi connectivity index (χ1n) is 13.1. The molecule has 0 fully saturated rings. The number of anilines is 1. The van der Waals surface area contributed by atoms with Gasteiger partial charge in [-0.05, 0) is 31.4 Å². The van der Waals surface area contributed by atoms with Gasteiger partial charge in [-0.25, -0.2) is 4.98 Å². The molecule has 0 saturated carbocycles. The molecule has 0 aliphatic rings. The Bertz CT molecular complexity index is 1070. The molecule has 2 heterocycles. The molecule has 3 rings (SSSR count). The number of nitrogen functional groups attached to an aromatic ring is 1. The number of imidazole rings is 1. The van der Waals surface area contributed by atoms with Crippen LogP contribution in [0, 0.1) is 0 Å². The van der Waals surface area contributed by atoms with E-state index in [0.29, 0.717) is 56.8 Å². The normalized spacial score (nSPS) is 11.6. The van der Waals surface area contributed by atoms with E-state index in [0.717, 1.165) is 43.7 Å². The lowest BCUT2D eigenvalue weighted by Gasteiger charge is -2.14. The average molecular weight is 515 g/mol. The number of nitrogens with one attached hydrogen (secondary N) is 1. The van der Waals surface area contributed by atoms with E-state index in [2.05, 4.69) is 51.3 Å². The molecule has 0 atom stereocenters. The molecule has 204 valence electrons. The SMILES string of the molecule is CCCCc1nc2c(N)nnc(OC(C)C)c2n1Cc1ccc(CNCCOCCOCCOC)cc1. The van der Waals surface area contributed by atoms with Gasteiger partial charge in [-0.2, -0.15) is 0 Å². The molecule has 0 saturated heterocycles. The molecule has 0 bridgehead atoms. The van der Waals surface area contributed by atoms with Crippen molar-refractivity contribution in [2.24, 2.45) is 0 Å². The van der Waals surface area contributed by atoms with Crippen molar-refractivity contribution in [2.75, 3.05) is 52.4 Å². The zero-order chi connectivity index (χ0) is 26.5. The van der Waals surface area contributed by atoms with Crippen LogP contribution in [-0.4, -0.2) is 72.5 Å². The maximum atomic E-state index is 6.16. The molecule has 3 N–H and O–H groups in total. The molecule has 3 aromatic rings. The number of nitrogens with two attached hydrogens (primary N) is 1. The number of ether oxygens (including phenoxy) is 4. The Kier molecular flexibility index (Phi) is 12.0. The smallest absolute Gasteiger partial charge is 0.260 e. The van der Waals surface area contributed by atoms with Crippen LogP contribution in [0.3, 0.4) is 0 Å². The van der Waals surface area contributed by atoms with Gasteiger partial charge >= 0.3 is 0 Å². The van der Waals surface area contributed by atoms with Crippen molar-refractivity contribution in [1.82, 2.24) is 25.1 Å². The molecule has 0 aliphatic carbocycles. The summed E-state index contributed by atoms with van der Waals surface area (Å²) in [5.74, 6) is 1.77. The minimum Gasteiger partial charge on any atom is -0.472 e. The molecule has 10 heteroatoms. The predicted molar refractivity (Wildman–Crippen MR) is 145 cm³/mol. The summed E-state index contributed by atoms with van der Waals surface area (Å²) in [4.78, 5) is 4.84. The second kappa shape index (κ2) is 15.5. The third kappa shape index (κ3) is 8.92. The van der Waals surface area contributed by atoms with Gasteiger partial charge in [-0.15, -0.1) is 10.2 Å². The molecule has 0 unspecified atom stereocenters. The summed E-state index contributed by atoms with van der Waals surface area (Å²) in [6, 6.07) is 8.61. The molecule has 0 aliphatic heterocycles. The standard InChI is InChI=1S/C27H42N6O4/c1-5-6-7-23-30-24-25(27(37-20(2)3)32-31-26(24)28)33(23)19-22-10-8-21(9-11-22)18-29-12-13-35-16-17-36-15-14-34-4/h8-11,20,29H,5-7,12-19H2,1-4H3,(H2,28,31). The van der Waals surface area contributed by atoms with Crippen LogP contribution in [0.25, 0.3) is 11.0 Å². The number of methoxy groups -OCH3 is 1. The summed E-state index contributed by atoms with van der Waals surface area (Å²) < 4.78 is 24.1. The lowest BCUT2D eigenvalue weighted by Crippen LogP contribution is -2.20. The lowest BCUT2D eigenvalue weighted by molar-refractivity contribution is 0.0255. The second-order valence-corrected chi connectivity index (χ2v) is 9.18. The third-order valence-electron chi connectivity index (χ3n) is 5.76. The van der Waals surface area contributed by atoms with E-state index < -0.39 is 0 Å². The average Bonchev–Trinajstić information content (AvgIpc) is 3.25. The number of benzene rings is 1. The van der Waals surface area contributed by atoms with Crippen LogP contribution >= 0.6 is 0 Å². The van der Waals surface area contributed by atoms with E-state index in [1.54, 1.807) is 7.11 Å². The van der Waals surface area contributed by atoms with Crippen LogP contribution in [0.2, 0.25) is 0 Å². The van der Waals surface area contributed by atoms with E-state index in [4.69, 9.17) is 29.7 Å². The van der Waals surface area contributed by atoms with Gasteiger partial charge in [-0.1, -0.05) is 37.6 Å². The van der Waals surface area contributed by atoms with Gasteiger partial charge in [0, 0.05) is 33.2 Å². The Balaban J connectivity index is 1.60. The maximum absolute atomic E-state index is 6.16. The van der Waals surface area contributed by atoms with Crippen molar-refractivity contribution in [2.45, 2.75) is 59.2 Å². The fourth-order valence-corrected chi connectivity index (χ4v) is 3.87. The van der Waals surface area contributed by atoms with Gasteiger partial charge in [0.2, 0.25) is 0 Å².